The van der Waals surface area contributed by atoms with Gasteiger partial charge in [0, 0.05) is 11.1 Å². The molecule has 0 N–H and O–H groups in total. The van der Waals surface area contributed by atoms with Crippen molar-refractivity contribution >= 4 is 40.9 Å². The van der Waals surface area contributed by atoms with E-state index < -0.39 is 0 Å². The molecule has 0 aliphatic rings. The highest BCUT2D eigenvalue weighted by Crippen LogP contribution is 2.47. The van der Waals surface area contributed by atoms with Crippen molar-refractivity contribution in [2.45, 2.75) is 119 Å². The van der Waals surface area contributed by atoms with Gasteiger partial charge in [-0.25, -0.2) is 9.59 Å². The van der Waals surface area contributed by atoms with Crippen molar-refractivity contribution in [2.75, 3.05) is 0 Å². The molecule has 0 aliphatic carbocycles. The fourth-order valence-electron chi connectivity index (χ4n) is 5.02. The smallest absolute Gasteiger partial charge is 0.211 e. The van der Waals surface area contributed by atoms with Gasteiger partial charge in [-0.3, -0.25) is 0 Å². The zero-order valence-electron chi connectivity index (χ0n) is 25.7. The van der Waals surface area contributed by atoms with Crippen molar-refractivity contribution in [3.05, 3.63) is 45.5 Å². The fraction of sp³-hybridized carbons (Fsp3) is 0.545. The first-order valence-electron chi connectivity index (χ1n) is 14.0. The molecule has 2 rings (SSSR count). The molecule has 0 radical (unpaired) electrons. The Hall–Kier alpha value is -3.42. The van der Waals surface area contributed by atoms with Crippen molar-refractivity contribution in [3.63, 3.8) is 0 Å². The molecule has 0 amide bonds. The van der Waals surface area contributed by atoms with Crippen LogP contribution in [-0.4, -0.2) is 18.2 Å². The van der Waals surface area contributed by atoms with E-state index in [1.807, 2.05) is 0 Å². The highest BCUT2D eigenvalue weighted by atomic mass is 16.1. The van der Waals surface area contributed by atoms with Gasteiger partial charge in [-0.05, 0) is 57.8 Å². The lowest BCUT2D eigenvalue weighted by Crippen LogP contribution is -2.02. The van der Waals surface area contributed by atoms with Crippen molar-refractivity contribution < 1.29 is 9.59 Å². The number of benzene rings is 2. The van der Waals surface area contributed by atoms with Crippen LogP contribution in [0.5, 0.6) is 0 Å². The summed E-state index contributed by atoms with van der Waals surface area (Å²) in [6.07, 6.45) is 3.50. The van der Waals surface area contributed by atoms with Crippen LogP contribution >= 0.6 is 0 Å². The minimum atomic E-state index is 0.0603. The molecular weight excluding hydrogens is 484 g/mol. The number of isocyanates is 2. The van der Waals surface area contributed by atoms with Crippen molar-refractivity contribution in [3.8, 4) is 0 Å². The van der Waals surface area contributed by atoms with Gasteiger partial charge in [-0.15, -0.1) is 0 Å². The molecule has 0 saturated heterocycles. The number of carbonyl (C=O) groups excluding carboxylic acids is 2. The first-order chi connectivity index (χ1) is 18.3. The molecule has 208 valence electrons. The number of hydrogen-bond donors (Lipinski definition) is 0. The lowest BCUT2D eigenvalue weighted by molar-refractivity contribution is 0.564. The van der Waals surface area contributed by atoms with Gasteiger partial charge in [-0.2, -0.15) is 20.0 Å². The molecule has 0 heterocycles. The summed E-state index contributed by atoms with van der Waals surface area (Å²) in [6.45, 7) is 25.2. The molecule has 6 nitrogen and oxygen atoms in total. The van der Waals surface area contributed by atoms with Crippen LogP contribution in [0.4, 0.5) is 22.7 Å². The first kappa shape index (κ1) is 31.8. The molecule has 2 aromatic rings. The summed E-state index contributed by atoms with van der Waals surface area (Å²) >= 11 is 0. The molecule has 0 atom stereocenters. The summed E-state index contributed by atoms with van der Waals surface area (Å²) in [7, 11) is 0. The predicted molar refractivity (Wildman–Crippen MR) is 162 cm³/mol. The minimum Gasteiger partial charge on any atom is -0.211 e. The Bertz CT molecular complexity index is 1260. The molecule has 0 fully saturated rings. The summed E-state index contributed by atoms with van der Waals surface area (Å²) in [4.78, 5) is 40.7. The van der Waals surface area contributed by atoms with Gasteiger partial charge in [0.2, 0.25) is 12.2 Å². The van der Waals surface area contributed by atoms with E-state index in [0.717, 1.165) is 44.8 Å². The van der Waals surface area contributed by atoms with E-state index in [-0.39, 0.29) is 35.5 Å². The molecular formula is C33H44N4O2. The van der Waals surface area contributed by atoms with Gasteiger partial charge in [0.25, 0.3) is 0 Å². The van der Waals surface area contributed by atoms with Crippen LogP contribution in [-0.2, 0) is 9.59 Å². The van der Waals surface area contributed by atoms with Crippen LogP contribution in [0.25, 0.3) is 0 Å². The highest BCUT2D eigenvalue weighted by Gasteiger charge is 2.24. The highest BCUT2D eigenvalue weighted by molar-refractivity contribution is 5.77. The van der Waals surface area contributed by atoms with Crippen LogP contribution in [0.2, 0.25) is 0 Å². The fourth-order valence-corrected chi connectivity index (χ4v) is 5.02. The maximum atomic E-state index is 11.4. The van der Waals surface area contributed by atoms with Gasteiger partial charge >= 0.3 is 0 Å². The molecule has 0 aliphatic heterocycles. The van der Waals surface area contributed by atoms with E-state index in [4.69, 9.17) is 9.98 Å². The number of hydrogen-bond acceptors (Lipinski definition) is 6. The number of aliphatic imine (C=N–C) groups is 4. The average molecular weight is 529 g/mol. The second kappa shape index (κ2) is 13.6. The van der Waals surface area contributed by atoms with E-state index in [1.165, 1.54) is 0 Å². The molecule has 0 unspecified atom stereocenters. The van der Waals surface area contributed by atoms with Gasteiger partial charge in [0.15, 0.2) is 0 Å². The zero-order chi connectivity index (χ0) is 29.6. The quantitative estimate of drug-likeness (QED) is 0.227. The third-order valence-electron chi connectivity index (χ3n) is 7.02. The molecule has 39 heavy (non-hydrogen) atoms. The Balaban J connectivity index is 3.06. The Labute approximate surface area is 234 Å². The molecule has 0 bridgehead atoms. The average Bonchev–Trinajstić information content (AvgIpc) is 2.83. The number of rotatable bonds is 10. The zero-order valence-corrected chi connectivity index (χ0v) is 25.7. The van der Waals surface area contributed by atoms with Crippen LogP contribution in [0.1, 0.15) is 152 Å². The third kappa shape index (κ3) is 6.97. The molecule has 0 saturated carbocycles. The van der Waals surface area contributed by atoms with Crippen LogP contribution < -0.4 is 0 Å². The number of nitrogens with zero attached hydrogens (tertiary/aromatic N) is 4. The van der Waals surface area contributed by atoms with Gasteiger partial charge in [-0.1, -0.05) is 95.2 Å². The normalized spacial score (nSPS) is 11.3. The molecule has 0 spiro atoms. The lowest BCUT2D eigenvalue weighted by Gasteiger charge is -2.23. The SMILES string of the molecule is CC(C)c1cc(C(C)C)c(N=C=Nc2c(C(C)C)cc(C(C)C)c(N=C=O)c2C(C)C)c(C(C)C)c1N=C=O. The third-order valence-corrected chi connectivity index (χ3v) is 7.02. The lowest BCUT2D eigenvalue weighted by atomic mass is 9.85. The van der Waals surface area contributed by atoms with Crippen LogP contribution in [0, 0.1) is 0 Å². The minimum absolute atomic E-state index is 0.0603. The second-order valence-corrected chi connectivity index (χ2v) is 12.0. The summed E-state index contributed by atoms with van der Waals surface area (Å²) in [6, 6.07) is 7.21. The van der Waals surface area contributed by atoms with Crippen molar-refractivity contribution in [1.82, 2.24) is 0 Å². The van der Waals surface area contributed by atoms with Crippen molar-refractivity contribution in [2.24, 2.45) is 20.0 Å². The van der Waals surface area contributed by atoms with E-state index in [0.29, 0.717) is 11.4 Å². The second-order valence-electron chi connectivity index (χ2n) is 12.0. The topological polar surface area (TPSA) is 83.6 Å². The van der Waals surface area contributed by atoms with Gasteiger partial charge in [0.1, 0.15) is 6.01 Å². The Kier molecular flexibility index (Phi) is 11.1. The van der Waals surface area contributed by atoms with Crippen LogP contribution in [0.15, 0.2) is 32.1 Å². The molecule has 0 aromatic heterocycles. The van der Waals surface area contributed by atoms with E-state index in [1.54, 1.807) is 12.2 Å². The largest absolute Gasteiger partial charge is 0.240 e. The first-order valence-corrected chi connectivity index (χ1v) is 14.0. The predicted octanol–water partition coefficient (Wildman–Crippen LogP) is 10.5. The Morgan fingerprint density at radius 1 is 0.436 bits per heavy atom. The summed E-state index contributed by atoms with van der Waals surface area (Å²) < 4.78 is 0. The van der Waals surface area contributed by atoms with E-state index in [9.17, 15) is 9.59 Å². The molecule has 2 aromatic carbocycles. The summed E-state index contributed by atoms with van der Waals surface area (Å²) in [5.74, 6) is 0.849. The van der Waals surface area contributed by atoms with E-state index >= 15 is 0 Å². The standard InChI is InChI=1S/C33H44N4O2/c1-18(2)24-13-26(20(5)6)32(36-16-38)28(22(9)10)30(24)34-15-35-31-25(19(3)4)14-27(21(7)8)33(37-17-39)29(31)23(11)12/h13-14,18-23H,1-12H3. The maximum absolute atomic E-state index is 11.4. The maximum Gasteiger partial charge on any atom is 0.240 e. The van der Waals surface area contributed by atoms with E-state index in [2.05, 4.69) is 111 Å². The van der Waals surface area contributed by atoms with Gasteiger partial charge < -0.3 is 0 Å². The molecule has 6 heteroatoms. The Morgan fingerprint density at radius 2 is 0.692 bits per heavy atom. The Morgan fingerprint density at radius 3 is 0.897 bits per heavy atom. The van der Waals surface area contributed by atoms with Crippen LogP contribution in [0.3, 0.4) is 0 Å². The van der Waals surface area contributed by atoms with Gasteiger partial charge in [0.05, 0.1) is 22.7 Å². The monoisotopic (exact) mass is 528 g/mol. The summed E-state index contributed by atoms with van der Waals surface area (Å²) in [5, 5.41) is 0. The van der Waals surface area contributed by atoms with Crippen molar-refractivity contribution in [1.29, 1.82) is 0 Å². The summed E-state index contributed by atoms with van der Waals surface area (Å²) in [5.41, 5.74) is 8.67.